The summed E-state index contributed by atoms with van der Waals surface area (Å²) in [7, 11) is 0. The van der Waals surface area contributed by atoms with Crippen molar-refractivity contribution in [1.82, 2.24) is 4.90 Å². The number of aliphatic hydroxyl groups excluding tert-OH is 1. The monoisotopic (exact) mass is 340 g/mol. The molecule has 1 atom stereocenters. The zero-order valence-corrected chi connectivity index (χ0v) is 15.2. The van der Waals surface area contributed by atoms with Gasteiger partial charge in [0.05, 0.1) is 12.7 Å². The van der Waals surface area contributed by atoms with Crippen LogP contribution in [0, 0.1) is 6.92 Å². The first-order chi connectivity index (χ1) is 12.2. The van der Waals surface area contributed by atoms with Gasteiger partial charge in [0.1, 0.15) is 5.75 Å². The van der Waals surface area contributed by atoms with Gasteiger partial charge in [-0.2, -0.15) is 0 Å². The Balaban J connectivity index is 1.52. The largest absolute Gasteiger partial charge is 0.494 e. The number of nitrogens with zero attached hydrogens (tertiary/aromatic N) is 2. The molecule has 1 aliphatic heterocycles. The minimum atomic E-state index is -0.458. The Kier molecular flexibility index (Phi) is 5.95. The maximum Gasteiger partial charge on any atom is 0.119 e. The highest BCUT2D eigenvalue weighted by atomic mass is 16.5. The summed E-state index contributed by atoms with van der Waals surface area (Å²) in [5, 5.41) is 10.5. The van der Waals surface area contributed by atoms with Gasteiger partial charge in [-0.3, -0.25) is 4.90 Å². The van der Waals surface area contributed by atoms with Gasteiger partial charge >= 0.3 is 0 Å². The van der Waals surface area contributed by atoms with Gasteiger partial charge in [0.15, 0.2) is 0 Å². The van der Waals surface area contributed by atoms with Crippen LogP contribution in [0.15, 0.2) is 48.5 Å². The number of benzene rings is 2. The minimum absolute atomic E-state index is 0.458. The first kappa shape index (κ1) is 17.8. The molecule has 0 unspecified atom stereocenters. The van der Waals surface area contributed by atoms with Crippen LogP contribution < -0.4 is 9.64 Å². The molecule has 0 bridgehead atoms. The van der Waals surface area contributed by atoms with Crippen LogP contribution in [0.25, 0.3) is 0 Å². The number of anilines is 1. The number of aliphatic hydroxyl groups is 1. The van der Waals surface area contributed by atoms with Crippen molar-refractivity contribution in [3.8, 4) is 5.75 Å². The molecule has 134 valence electrons. The van der Waals surface area contributed by atoms with Gasteiger partial charge in [-0.25, -0.2) is 0 Å². The second-order valence-corrected chi connectivity index (χ2v) is 6.59. The van der Waals surface area contributed by atoms with E-state index in [0.717, 1.165) is 37.5 Å². The molecule has 0 aliphatic carbocycles. The minimum Gasteiger partial charge on any atom is -0.494 e. The number of hydrogen-bond donors (Lipinski definition) is 1. The summed E-state index contributed by atoms with van der Waals surface area (Å²) < 4.78 is 5.46. The maximum absolute atomic E-state index is 10.5. The first-order valence-electron chi connectivity index (χ1n) is 9.11. The van der Waals surface area contributed by atoms with Crippen LogP contribution in [0.1, 0.15) is 24.2 Å². The molecule has 0 aromatic heterocycles. The normalized spacial score (nSPS) is 16.7. The van der Waals surface area contributed by atoms with Gasteiger partial charge in [-0.1, -0.05) is 30.3 Å². The highest BCUT2D eigenvalue weighted by molar-refractivity contribution is 5.53. The number of rotatable bonds is 6. The van der Waals surface area contributed by atoms with Crippen molar-refractivity contribution in [2.45, 2.75) is 20.0 Å². The molecule has 0 amide bonds. The lowest BCUT2D eigenvalue weighted by atomic mass is 10.1. The number of hydrogen-bond acceptors (Lipinski definition) is 4. The van der Waals surface area contributed by atoms with E-state index in [1.807, 2.05) is 31.2 Å². The van der Waals surface area contributed by atoms with Crippen LogP contribution in [0.2, 0.25) is 0 Å². The topological polar surface area (TPSA) is 35.9 Å². The van der Waals surface area contributed by atoms with Crippen molar-refractivity contribution in [2.24, 2.45) is 0 Å². The molecule has 1 fully saturated rings. The summed E-state index contributed by atoms with van der Waals surface area (Å²) in [6.45, 7) is 9.42. The Morgan fingerprint density at radius 3 is 2.32 bits per heavy atom. The zero-order chi connectivity index (χ0) is 17.6. The molecule has 25 heavy (non-hydrogen) atoms. The van der Waals surface area contributed by atoms with Crippen molar-refractivity contribution >= 4 is 5.69 Å². The average molecular weight is 340 g/mol. The molecule has 2 aromatic rings. The highest BCUT2D eigenvalue weighted by Crippen LogP contribution is 2.23. The Labute approximate surface area is 150 Å². The molecule has 4 heteroatoms. The molecular weight excluding hydrogens is 312 g/mol. The molecule has 3 rings (SSSR count). The number of piperazine rings is 1. The molecule has 2 aromatic carbocycles. The Hall–Kier alpha value is -2.04. The molecule has 0 spiro atoms. The maximum atomic E-state index is 10.5. The summed E-state index contributed by atoms with van der Waals surface area (Å²) in [5.74, 6) is 0.852. The summed E-state index contributed by atoms with van der Waals surface area (Å²) in [6.07, 6.45) is -0.458. The lowest BCUT2D eigenvalue weighted by Crippen LogP contribution is -2.47. The Bertz CT molecular complexity index is 664. The van der Waals surface area contributed by atoms with Crippen LogP contribution in [0.4, 0.5) is 5.69 Å². The lowest BCUT2D eigenvalue weighted by Gasteiger charge is -2.37. The fourth-order valence-electron chi connectivity index (χ4n) is 3.39. The number of para-hydroxylation sites is 1. The second-order valence-electron chi connectivity index (χ2n) is 6.59. The molecule has 0 saturated carbocycles. The van der Waals surface area contributed by atoms with E-state index >= 15 is 0 Å². The van der Waals surface area contributed by atoms with Gasteiger partial charge in [-0.05, 0) is 43.2 Å². The van der Waals surface area contributed by atoms with Crippen molar-refractivity contribution < 1.29 is 9.84 Å². The number of aryl methyl sites for hydroxylation is 1. The van der Waals surface area contributed by atoms with Crippen molar-refractivity contribution in [3.63, 3.8) is 0 Å². The molecule has 1 heterocycles. The van der Waals surface area contributed by atoms with Gasteiger partial charge in [0, 0.05) is 38.4 Å². The lowest BCUT2D eigenvalue weighted by molar-refractivity contribution is 0.109. The van der Waals surface area contributed by atoms with Gasteiger partial charge in [0.25, 0.3) is 0 Å². The van der Waals surface area contributed by atoms with E-state index in [1.165, 1.54) is 11.3 Å². The van der Waals surface area contributed by atoms with Crippen LogP contribution in [-0.4, -0.2) is 49.3 Å². The van der Waals surface area contributed by atoms with Crippen LogP contribution >= 0.6 is 0 Å². The fraction of sp³-hybridized carbons (Fsp3) is 0.429. The quantitative estimate of drug-likeness (QED) is 0.876. The van der Waals surface area contributed by atoms with Crippen LogP contribution in [-0.2, 0) is 0 Å². The van der Waals surface area contributed by atoms with Gasteiger partial charge < -0.3 is 14.7 Å². The van der Waals surface area contributed by atoms with E-state index in [-0.39, 0.29) is 0 Å². The summed E-state index contributed by atoms with van der Waals surface area (Å²) in [4.78, 5) is 4.78. The number of ether oxygens (including phenoxy) is 1. The predicted octanol–water partition coefficient (Wildman–Crippen LogP) is 3.25. The summed E-state index contributed by atoms with van der Waals surface area (Å²) in [6, 6.07) is 16.3. The molecular formula is C21H28N2O2. The van der Waals surface area contributed by atoms with Gasteiger partial charge in [0.2, 0.25) is 0 Å². The van der Waals surface area contributed by atoms with Crippen molar-refractivity contribution in [2.75, 3.05) is 44.2 Å². The molecule has 1 aliphatic rings. The van der Waals surface area contributed by atoms with Crippen LogP contribution in [0.3, 0.4) is 0 Å². The van der Waals surface area contributed by atoms with Crippen LogP contribution in [0.5, 0.6) is 5.75 Å². The third-order valence-electron chi connectivity index (χ3n) is 4.84. The summed E-state index contributed by atoms with van der Waals surface area (Å²) >= 11 is 0. The van der Waals surface area contributed by atoms with E-state index in [4.69, 9.17) is 4.74 Å². The average Bonchev–Trinajstić information content (AvgIpc) is 2.64. The Morgan fingerprint density at radius 2 is 1.68 bits per heavy atom. The van der Waals surface area contributed by atoms with E-state index in [1.54, 1.807) is 0 Å². The number of β-amino-alcohol motifs (C(OH)–C–C–N with tert-alkyl or cyclic N) is 1. The van der Waals surface area contributed by atoms with E-state index < -0.39 is 6.10 Å². The van der Waals surface area contributed by atoms with Crippen molar-refractivity contribution in [3.05, 3.63) is 59.7 Å². The summed E-state index contributed by atoms with van der Waals surface area (Å²) in [5.41, 5.74) is 3.60. The standard InChI is InChI=1S/C21H28N2O2/c1-3-25-19-10-8-18(9-11-19)21(24)16-22-12-14-23(15-13-22)20-7-5-4-6-17(20)2/h4-11,21,24H,3,12-16H2,1-2H3/t21-/m0/s1. The van der Waals surface area contributed by atoms with Crippen molar-refractivity contribution in [1.29, 1.82) is 0 Å². The SMILES string of the molecule is CCOc1ccc([C@@H](O)CN2CCN(c3ccccc3C)CC2)cc1. The highest BCUT2D eigenvalue weighted by Gasteiger charge is 2.20. The smallest absolute Gasteiger partial charge is 0.119 e. The predicted molar refractivity (Wildman–Crippen MR) is 102 cm³/mol. The van der Waals surface area contributed by atoms with Gasteiger partial charge in [-0.15, -0.1) is 0 Å². The second kappa shape index (κ2) is 8.37. The zero-order valence-electron chi connectivity index (χ0n) is 15.2. The third kappa shape index (κ3) is 4.53. The Morgan fingerprint density at radius 1 is 1.00 bits per heavy atom. The molecule has 1 N–H and O–H groups in total. The first-order valence-corrected chi connectivity index (χ1v) is 9.11. The fourth-order valence-corrected chi connectivity index (χ4v) is 3.39. The van der Waals surface area contributed by atoms with E-state index in [9.17, 15) is 5.11 Å². The van der Waals surface area contributed by atoms with E-state index in [2.05, 4.69) is 41.0 Å². The van der Waals surface area contributed by atoms with E-state index in [0.29, 0.717) is 13.2 Å². The molecule has 4 nitrogen and oxygen atoms in total. The molecule has 1 saturated heterocycles. The third-order valence-corrected chi connectivity index (χ3v) is 4.84. The molecule has 0 radical (unpaired) electrons.